The van der Waals surface area contributed by atoms with E-state index in [0.717, 1.165) is 16.7 Å². The molecule has 0 fully saturated rings. The summed E-state index contributed by atoms with van der Waals surface area (Å²) in [4.78, 5) is 0. The molecular weight excluding hydrogens is 248 g/mol. The molecule has 98 valence electrons. The van der Waals surface area contributed by atoms with E-state index in [4.69, 9.17) is 10.5 Å². The van der Waals surface area contributed by atoms with Gasteiger partial charge in [-0.3, -0.25) is 0 Å². The van der Waals surface area contributed by atoms with Crippen molar-refractivity contribution in [2.45, 2.75) is 12.5 Å². The summed E-state index contributed by atoms with van der Waals surface area (Å²) < 4.78 is 32.3. The molecule has 1 atom stereocenters. The molecule has 2 nitrogen and oxygen atoms in total. The Balaban J connectivity index is 2.02. The van der Waals surface area contributed by atoms with E-state index in [2.05, 4.69) is 0 Å². The van der Waals surface area contributed by atoms with Crippen molar-refractivity contribution in [1.29, 1.82) is 0 Å². The van der Waals surface area contributed by atoms with Crippen LogP contribution in [-0.4, -0.2) is 12.6 Å². The number of nitrogens with two attached hydrogens (primary N) is 1. The third-order valence-corrected chi connectivity index (χ3v) is 3.29. The van der Waals surface area contributed by atoms with Crippen molar-refractivity contribution < 1.29 is 13.5 Å². The lowest BCUT2D eigenvalue weighted by molar-refractivity contribution is 0.232. The van der Waals surface area contributed by atoms with E-state index in [1.165, 1.54) is 18.2 Å². The smallest absolute Gasteiger partial charge is 0.165 e. The SMILES string of the molecule is NCC1Cc2cc(-c3ccc(F)cc3)cc(F)c2O1. The van der Waals surface area contributed by atoms with Gasteiger partial charge in [-0.25, -0.2) is 8.78 Å². The number of ether oxygens (including phenoxy) is 1. The molecular formula is C15H13F2NO. The van der Waals surface area contributed by atoms with Gasteiger partial charge in [-0.15, -0.1) is 0 Å². The van der Waals surface area contributed by atoms with Crippen molar-refractivity contribution in [1.82, 2.24) is 0 Å². The van der Waals surface area contributed by atoms with Crippen molar-refractivity contribution in [2.75, 3.05) is 6.54 Å². The van der Waals surface area contributed by atoms with Crippen LogP contribution in [0.25, 0.3) is 11.1 Å². The molecule has 2 aromatic carbocycles. The standard InChI is InChI=1S/C15H13F2NO/c16-12-3-1-9(2-4-12)10-5-11-6-13(8-18)19-15(11)14(17)7-10/h1-5,7,13H,6,8,18H2. The predicted octanol–water partition coefficient (Wildman–Crippen LogP) is 2.89. The van der Waals surface area contributed by atoms with Crippen LogP contribution in [0.15, 0.2) is 36.4 Å². The Bertz CT molecular complexity index is 610. The second kappa shape index (κ2) is 4.63. The Hall–Kier alpha value is -1.94. The maximum absolute atomic E-state index is 14.0. The van der Waals surface area contributed by atoms with Gasteiger partial charge in [0.25, 0.3) is 0 Å². The van der Waals surface area contributed by atoms with Crippen molar-refractivity contribution in [3.05, 3.63) is 53.6 Å². The van der Waals surface area contributed by atoms with Crippen LogP contribution in [0, 0.1) is 11.6 Å². The maximum Gasteiger partial charge on any atom is 0.165 e. The van der Waals surface area contributed by atoms with Crippen molar-refractivity contribution >= 4 is 0 Å². The van der Waals surface area contributed by atoms with Crippen molar-refractivity contribution in [3.8, 4) is 16.9 Å². The van der Waals surface area contributed by atoms with Crippen LogP contribution in [0.4, 0.5) is 8.78 Å². The fraction of sp³-hybridized carbons (Fsp3) is 0.200. The predicted molar refractivity (Wildman–Crippen MR) is 69.0 cm³/mol. The van der Waals surface area contributed by atoms with Crippen LogP contribution in [-0.2, 0) is 6.42 Å². The van der Waals surface area contributed by atoms with Gasteiger partial charge in [0.2, 0.25) is 0 Å². The van der Waals surface area contributed by atoms with Crippen LogP contribution in [0.3, 0.4) is 0 Å². The molecule has 1 aliphatic rings. The molecule has 0 amide bonds. The first kappa shape index (κ1) is 12.1. The van der Waals surface area contributed by atoms with E-state index in [-0.39, 0.29) is 11.9 Å². The molecule has 0 aromatic heterocycles. The highest BCUT2D eigenvalue weighted by Crippen LogP contribution is 2.35. The molecule has 2 N–H and O–H groups in total. The number of fused-ring (bicyclic) bond motifs is 1. The second-order valence-corrected chi connectivity index (χ2v) is 4.63. The molecule has 0 saturated carbocycles. The van der Waals surface area contributed by atoms with Crippen LogP contribution in [0.5, 0.6) is 5.75 Å². The summed E-state index contributed by atoms with van der Waals surface area (Å²) in [5.74, 6) is -0.411. The summed E-state index contributed by atoms with van der Waals surface area (Å²) in [5, 5.41) is 0. The Morgan fingerprint density at radius 3 is 2.53 bits per heavy atom. The Morgan fingerprint density at radius 2 is 1.84 bits per heavy atom. The van der Waals surface area contributed by atoms with Gasteiger partial charge in [0.15, 0.2) is 11.6 Å². The van der Waals surface area contributed by atoms with Gasteiger partial charge in [0.1, 0.15) is 11.9 Å². The molecule has 0 spiro atoms. The van der Waals surface area contributed by atoms with E-state index in [1.54, 1.807) is 12.1 Å². The minimum absolute atomic E-state index is 0.159. The van der Waals surface area contributed by atoms with E-state index in [9.17, 15) is 8.78 Å². The highest BCUT2D eigenvalue weighted by molar-refractivity contribution is 5.66. The third kappa shape index (κ3) is 2.19. The van der Waals surface area contributed by atoms with Crippen LogP contribution >= 0.6 is 0 Å². The normalized spacial score (nSPS) is 17.1. The number of halogens is 2. The van der Waals surface area contributed by atoms with Crippen LogP contribution in [0.2, 0.25) is 0 Å². The topological polar surface area (TPSA) is 35.2 Å². The lowest BCUT2D eigenvalue weighted by Crippen LogP contribution is -2.24. The molecule has 1 heterocycles. The van der Waals surface area contributed by atoms with Crippen molar-refractivity contribution in [2.24, 2.45) is 5.73 Å². The van der Waals surface area contributed by atoms with Gasteiger partial charge in [0, 0.05) is 18.5 Å². The first-order valence-corrected chi connectivity index (χ1v) is 6.12. The van der Waals surface area contributed by atoms with Crippen LogP contribution < -0.4 is 10.5 Å². The number of hydrogen-bond acceptors (Lipinski definition) is 2. The summed E-state index contributed by atoms with van der Waals surface area (Å²) in [7, 11) is 0. The summed E-state index contributed by atoms with van der Waals surface area (Å²) in [5.41, 5.74) is 7.85. The van der Waals surface area contributed by atoms with Gasteiger partial charge in [-0.2, -0.15) is 0 Å². The molecule has 3 rings (SSSR count). The fourth-order valence-corrected chi connectivity index (χ4v) is 2.33. The third-order valence-electron chi connectivity index (χ3n) is 3.29. The highest BCUT2D eigenvalue weighted by Gasteiger charge is 2.25. The van der Waals surface area contributed by atoms with Gasteiger partial charge < -0.3 is 10.5 Å². The summed E-state index contributed by atoms with van der Waals surface area (Å²) in [6.45, 7) is 0.361. The zero-order valence-electron chi connectivity index (χ0n) is 10.2. The number of benzene rings is 2. The van der Waals surface area contributed by atoms with Crippen molar-refractivity contribution in [3.63, 3.8) is 0 Å². The van der Waals surface area contributed by atoms with Gasteiger partial charge in [0.05, 0.1) is 0 Å². The number of hydrogen-bond donors (Lipinski definition) is 1. The molecule has 1 aliphatic heterocycles. The first-order chi connectivity index (χ1) is 9.17. The Kier molecular flexibility index (Phi) is 2.95. The Morgan fingerprint density at radius 1 is 1.11 bits per heavy atom. The largest absolute Gasteiger partial charge is 0.485 e. The molecule has 0 saturated heterocycles. The first-order valence-electron chi connectivity index (χ1n) is 6.12. The van der Waals surface area contributed by atoms with E-state index >= 15 is 0 Å². The van der Waals surface area contributed by atoms with E-state index < -0.39 is 5.82 Å². The summed E-state index contributed by atoms with van der Waals surface area (Å²) >= 11 is 0. The minimum Gasteiger partial charge on any atom is -0.485 e. The Labute approximate surface area is 109 Å². The quantitative estimate of drug-likeness (QED) is 0.902. The average Bonchev–Trinajstić information content (AvgIpc) is 2.83. The van der Waals surface area contributed by atoms with E-state index in [1.807, 2.05) is 6.07 Å². The van der Waals surface area contributed by atoms with Gasteiger partial charge >= 0.3 is 0 Å². The molecule has 0 bridgehead atoms. The molecule has 0 aliphatic carbocycles. The lowest BCUT2D eigenvalue weighted by atomic mass is 10.0. The number of rotatable bonds is 2. The monoisotopic (exact) mass is 261 g/mol. The molecule has 19 heavy (non-hydrogen) atoms. The minimum atomic E-state index is -0.396. The molecule has 1 unspecified atom stereocenters. The zero-order valence-corrected chi connectivity index (χ0v) is 10.2. The molecule has 4 heteroatoms. The lowest BCUT2D eigenvalue weighted by Gasteiger charge is -2.07. The maximum atomic E-state index is 14.0. The highest BCUT2D eigenvalue weighted by atomic mass is 19.1. The van der Waals surface area contributed by atoms with Crippen LogP contribution in [0.1, 0.15) is 5.56 Å². The second-order valence-electron chi connectivity index (χ2n) is 4.63. The van der Waals surface area contributed by atoms with Gasteiger partial charge in [-0.05, 0) is 35.4 Å². The zero-order chi connectivity index (χ0) is 13.4. The van der Waals surface area contributed by atoms with Gasteiger partial charge in [-0.1, -0.05) is 12.1 Å². The molecule has 0 radical (unpaired) electrons. The average molecular weight is 261 g/mol. The summed E-state index contributed by atoms with van der Waals surface area (Å²) in [6, 6.07) is 9.27. The molecule has 2 aromatic rings. The summed E-state index contributed by atoms with van der Waals surface area (Å²) in [6.07, 6.45) is 0.450. The fourth-order valence-electron chi connectivity index (χ4n) is 2.33. The van der Waals surface area contributed by atoms with E-state index in [0.29, 0.717) is 18.7 Å².